The van der Waals surface area contributed by atoms with E-state index in [9.17, 15) is 18.0 Å². The predicted molar refractivity (Wildman–Crippen MR) is 80.4 cm³/mol. The number of carbonyl (C=O) groups excluding carboxylic acids is 1. The molecule has 1 fully saturated rings. The van der Waals surface area contributed by atoms with Crippen LogP contribution in [-0.2, 0) is 14.6 Å². The van der Waals surface area contributed by atoms with Gasteiger partial charge in [-0.25, -0.2) is 8.42 Å². The zero-order valence-corrected chi connectivity index (χ0v) is 13.1. The lowest BCUT2D eigenvalue weighted by Crippen LogP contribution is -2.33. The maximum Gasteiger partial charge on any atom is 0.306 e. The molecule has 120 valence electrons. The fourth-order valence-corrected chi connectivity index (χ4v) is 3.53. The van der Waals surface area contributed by atoms with Crippen molar-refractivity contribution in [3.8, 4) is 0 Å². The van der Waals surface area contributed by atoms with Gasteiger partial charge in [-0.2, -0.15) is 0 Å². The number of carboxylic acid groups (broad SMARTS) is 1. The molecule has 1 aliphatic carbocycles. The minimum Gasteiger partial charge on any atom is -0.481 e. The van der Waals surface area contributed by atoms with E-state index >= 15 is 0 Å². The molecule has 6 nitrogen and oxygen atoms in total. The van der Waals surface area contributed by atoms with E-state index in [4.69, 9.17) is 5.11 Å². The average Bonchev–Trinajstić information content (AvgIpc) is 2.96. The summed E-state index contributed by atoms with van der Waals surface area (Å²) in [6, 6.07) is 5.73. The van der Waals surface area contributed by atoms with Gasteiger partial charge in [0.2, 0.25) is 0 Å². The van der Waals surface area contributed by atoms with Gasteiger partial charge >= 0.3 is 5.97 Å². The van der Waals surface area contributed by atoms with Crippen LogP contribution in [0.15, 0.2) is 29.2 Å². The average molecular weight is 325 g/mol. The summed E-state index contributed by atoms with van der Waals surface area (Å²) in [6.07, 6.45) is 1.58. The first kappa shape index (κ1) is 16.5. The Morgan fingerprint density at radius 3 is 2.64 bits per heavy atom. The Kier molecular flexibility index (Phi) is 4.85. The smallest absolute Gasteiger partial charge is 0.306 e. The van der Waals surface area contributed by atoms with E-state index < -0.39 is 21.7 Å². The second-order valence-corrected chi connectivity index (χ2v) is 7.73. The number of rotatable bonds is 5. The number of sulfone groups is 1. The van der Waals surface area contributed by atoms with Crippen LogP contribution in [0.1, 0.15) is 36.5 Å². The van der Waals surface area contributed by atoms with E-state index in [0.717, 1.165) is 0 Å². The molecular weight excluding hydrogens is 306 g/mol. The molecule has 22 heavy (non-hydrogen) atoms. The number of carboxylic acids is 1. The van der Waals surface area contributed by atoms with E-state index in [2.05, 4.69) is 5.32 Å². The highest BCUT2D eigenvalue weighted by Gasteiger charge is 2.30. The molecular formula is C15H19NO5S. The van der Waals surface area contributed by atoms with Crippen molar-refractivity contribution >= 4 is 21.7 Å². The summed E-state index contributed by atoms with van der Waals surface area (Å²) >= 11 is 0. The van der Waals surface area contributed by atoms with E-state index in [1.165, 1.54) is 18.2 Å². The maximum atomic E-state index is 12.2. The van der Waals surface area contributed by atoms with Crippen molar-refractivity contribution in [2.75, 3.05) is 5.75 Å². The summed E-state index contributed by atoms with van der Waals surface area (Å²) in [7, 11) is -3.36. The SMILES string of the molecule is CCS(=O)(=O)c1cccc(C(=O)N[C@H]2CC[C@@H](C(=O)O)C2)c1. The molecule has 0 unspecified atom stereocenters. The Labute approximate surface area is 129 Å². The first-order valence-electron chi connectivity index (χ1n) is 7.20. The van der Waals surface area contributed by atoms with Gasteiger partial charge in [0.05, 0.1) is 16.6 Å². The lowest BCUT2D eigenvalue weighted by atomic mass is 10.1. The third-order valence-electron chi connectivity index (χ3n) is 3.95. The molecule has 0 heterocycles. The molecule has 0 radical (unpaired) electrons. The maximum absolute atomic E-state index is 12.2. The molecule has 2 N–H and O–H groups in total. The molecule has 1 aromatic carbocycles. The quantitative estimate of drug-likeness (QED) is 0.853. The van der Waals surface area contributed by atoms with Crippen LogP contribution in [0.2, 0.25) is 0 Å². The van der Waals surface area contributed by atoms with Crippen LogP contribution in [0.3, 0.4) is 0 Å². The van der Waals surface area contributed by atoms with Crippen molar-refractivity contribution in [2.45, 2.75) is 37.1 Å². The monoisotopic (exact) mass is 325 g/mol. The largest absolute Gasteiger partial charge is 0.481 e. The second-order valence-electron chi connectivity index (χ2n) is 5.45. The lowest BCUT2D eigenvalue weighted by molar-refractivity contribution is -0.141. The third-order valence-corrected chi connectivity index (χ3v) is 5.68. The van der Waals surface area contributed by atoms with Crippen molar-refractivity contribution in [3.05, 3.63) is 29.8 Å². The van der Waals surface area contributed by atoms with E-state index in [1.807, 2.05) is 0 Å². The van der Waals surface area contributed by atoms with Crippen LogP contribution in [0, 0.1) is 5.92 Å². The summed E-state index contributed by atoms with van der Waals surface area (Å²) in [5.74, 6) is -1.66. The van der Waals surface area contributed by atoms with Crippen LogP contribution in [-0.4, -0.2) is 37.2 Å². The van der Waals surface area contributed by atoms with Gasteiger partial charge in [0.25, 0.3) is 5.91 Å². The summed E-state index contributed by atoms with van der Waals surface area (Å²) < 4.78 is 23.7. The van der Waals surface area contributed by atoms with Gasteiger partial charge in [-0.3, -0.25) is 9.59 Å². The van der Waals surface area contributed by atoms with Gasteiger partial charge in [0.1, 0.15) is 0 Å². The Morgan fingerprint density at radius 2 is 2.05 bits per heavy atom. The zero-order valence-electron chi connectivity index (χ0n) is 12.3. The summed E-state index contributed by atoms with van der Waals surface area (Å²) in [5.41, 5.74) is 0.272. The molecule has 1 aromatic rings. The van der Waals surface area contributed by atoms with Crippen LogP contribution < -0.4 is 5.32 Å². The number of hydrogen-bond donors (Lipinski definition) is 2. The lowest BCUT2D eigenvalue weighted by Gasteiger charge is -2.13. The number of carbonyl (C=O) groups is 2. The minimum absolute atomic E-state index is 0.0268. The standard InChI is InChI=1S/C15H19NO5S/c1-2-22(20,21)13-5-3-4-10(9-13)14(17)16-12-7-6-11(8-12)15(18)19/h3-5,9,11-12H,2,6-8H2,1H3,(H,16,17)(H,18,19)/t11-,12+/m1/s1. The summed E-state index contributed by atoms with van der Waals surface area (Å²) in [5, 5.41) is 11.7. The highest BCUT2D eigenvalue weighted by Crippen LogP contribution is 2.26. The van der Waals surface area contributed by atoms with Gasteiger partial charge in [-0.1, -0.05) is 13.0 Å². The normalized spacial score (nSPS) is 21.5. The van der Waals surface area contributed by atoms with Gasteiger partial charge in [-0.15, -0.1) is 0 Å². The third kappa shape index (κ3) is 3.65. The minimum atomic E-state index is -3.36. The molecule has 2 atom stereocenters. The molecule has 2 rings (SSSR count). The highest BCUT2D eigenvalue weighted by atomic mass is 32.2. The topological polar surface area (TPSA) is 101 Å². The van der Waals surface area contributed by atoms with Crippen LogP contribution in [0.25, 0.3) is 0 Å². The summed E-state index contributed by atoms with van der Waals surface area (Å²) in [4.78, 5) is 23.2. The number of amides is 1. The van der Waals surface area contributed by atoms with Crippen LogP contribution >= 0.6 is 0 Å². The first-order chi connectivity index (χ1) is 10.3. The van der Waals surface area contributed by atoms with Crippen molar-refractivity contribution in [1.29, 1.82) is 0 Å². The molecule has 7 heteroatoms. The van der Waals surface area contributed by atoms with Crippen LogP contribution in [0.4, 0.5) is 0 Å². The van der Waals surface area contributed by atoms with Gasteiger partial charge in [-0.05, 0) is 37.5 Å². The number of benzene rings is 1. The second kappa shape index (κ2) is 6.48. The van der Waals surface area contributed by atoms with Crippen molar-refractivity contribution in [1.82, 2.24) is 5.32 Å². The molecule has 1 saturated carbocycles. The predicted octanol–water partition coefficient (Wildman–Crippen LogP) is 1.46. The van der Waals surface area contributed by atoms with Crippen molar-refractivity contribution in [2.24, 2.45) is 5.92 Å². The number of nitrogens with one attached hydrogen (secondary N) is 1. The van der Waals surface area contributed by atoms with Gasteiger partial charge in [0.15, 0.2) is 9.84 Å². The molecule has 1 aliphatic rings. The Bertz CT molecular complexity index is 683. The number of aliphatic carboxylic acids is 1. The van der Waals surface area contributed by atoms with Crippen molar-refractivity contribution in [3.63, 3.8) is 0 Å². The molecule has 0 spiro atoms. The molecule has 0 saturated heterocycles. The molecule has 1 amide bonds. The number of hydrogen-bond acceptors (Lipinski definition) is 4. The fourth-order valence-electron chi connectivity index (χ4n) is 2.60. The molecule has 0 bridgehead atoms. The highest BCUT2D eigenvalue weighted by molar-refractivity contribution is 7.91. The Balaban J connectivity index is 2.08. The van der Waals surface area contributed by atoms with E-state index in [-0.39, 0.29) is 28.2 Å². The van der Waals surface area contributed by atoms with Crippen LogP contribution in [0.5, 0.6) is 0 Å². The van der Waals surface area contributed by atoms with Gasteiger partial charge < -0.3 is 10.4 Å². The first-order valence-corrected chi connectivity index (χ1v) is 8.85. The van der Waals surface area contributed by atoms with Gasteiger partial charge in [0, 0.05) is 11.6 Å². The Morgan fingerprint density at radius 1 is 1.32 bits per heavy atom. The van der Waals surface area contributed by atoms with Crippen molar-refractivity contribution < 1.29 is 23.1 Å². The molecule has 0 aliphatic heterocycles. The van der Waals surface area contributed by atoms with E-state index in [1.54, 1.807) is 13.0 Å². The van der Waals surface area contributed by atoms with E-state index in [0.29, 0.717) is 19.3 Å². The Hall–Kier alpha value is -1.89. The molecule has 0 aromatic heterocycles. The summed E-state index contributed by atoms with van der Waals surface area (Å²) in [6.45, 7) is 1.55. The zero-order chi connectivity index (χ0) is 16.3. The fraction of sp³-hybridized carbons (Fsp3) is 0.467.